The number of halogens is 1. The van der Waals surface area contributed by atoms with Crippen LogP contribution < -0.4 is 23.7 Å². The van der Waals surface area contributed by atoms with Gasteiger partial charge in [0.25, 0.3) is 10.0 Å². The normalized spacial score (nSPS) is 14.2. The number of thiophene rings is 1. The van der Waals surface area contributed by atoms with Gasteiger partial charge in [-0.2, -0.15) is 0 Å². The molecule has 1 N–H and O–H groups in total. The first-order valence-corrected chi connectivity index (χ1v) is 16.4. The number of pyridine rings is 1. The Balaban J connectivity index is 1.27. The third kappa shape index (κ3) is 7.92. The van der Waals surface area contributed by atoms with E-state index >= 15 is 4.39 Å². The SMILES string of the molecule is COC(=O)Oc1sccc1S(=O)(=O)Nc1ccc(Oc2ccnc3cc(OCCCN4CCN(C)CC4)c(OC)cc23)c(F)c1. The lowest BCUT2D eigenvalue weighted by molar-refractivity contribution is 0.122. The molecule has 0 radical (unpaired) electrons. The van der Waals surface area contributed by atoms with E-state index < -0.39 is 22.0 Å². The number of carbonyl (C=O) groups is 1. The molecule has 0 spiro atoms. The summed E-state index contributed by atoms with van der Waals surface area (Å²) in [7, 11) is 0.551. The number of anilines is 1. The molecule has 2 aromatic carbocycles. The summed E-state index contributed by atoms with van der Waals surface area (Å²) in [6.45, 7) is 5.68. The number of hydrogen-bond donors (Lipinski definition) is 1. The smallest absolute Gasteiger partial charge is 0.493 e. The Kier molecular flexibility index (Phi) is 10.2. The van der Waals surface area contributed by atoms with Crippen LogP contribution in [-0.2, 0) is 14.8 Å². The monoisotopic (exact) mass is 660 g/mol. The van der Waals surface area contributed by atoms with Crippen molar-refractivity contribution >= 4 is 44.1 Å². The van der Waals surface area contributed by atoms with Crippen LogP contribution in [-0.4, -0.2) is 90.0 Å². The van der Waals surface area contributed by atoms with Gasteiger partial charge in [0.2, 0.25) is 5.06 Å². The third-order valence-electron chi connectivity index (χ3n) is 7.09. The molecule has 5 rings (SSSR count). The maximum absolute atomic E-state index is 15.2. The number of hydrogen-bond acceptors (Lipinski definition) is 12. The number of aromatic nitrogens is 1. The second-order valence-corrected chi connectivity index (χ2v) is 12.7. The van der Waals surface area contributed by atoms with E-state index in [2.05, 4.69) is 31.3 Å². The van der Waals surface area contributed by atoms with Crippen molar-refractivity contribution in [3.63, 3.8) is 0 Å². The van der Waals surface area contributed by atoms with Crippen LogP contribution in [0.15, 0.2) is 58.9 Å². The molecule has 1 aliphatic rings. The minimum Gasteiger partial charge on any atom is -0.493 e. The van der Waals surface area contributed by atoms with Crippen molar-refractivity contribution in [2.75, 3.05) is 65.3 Å². The van der Waals surface area contributed by atoms with Gasteiger partial charge in [0, 0.05) is 56.4 Å². The predicted molar refractivity (Wildman–Crippen MR) is 167 cm³/mol. The molecule has 0 aliphatic carbocycles. The van der Waals surface area contributed by atoms with Gasteiger partial charge in [0.1, 0.15) is 10.6 Å². The van der Waals surface area contributed by atoms with Gasteiger partial charge in [0.05, 0.1) is 32.0 Å². The van der Waals surface area contributed by atoms with Crippen molar-refractivity contribution in [1.82, 2.24) is 14.8 Å². The summed E-state index contributed by atoms with van der Waals surface area (Å²) in [5, 5.41) is 1.82. The summed E-state index contributed by atoms with van der Waals surface area (Å²) in [4.78, 5) is 20.3. The van der Waals surface area contributed by atoms with Gasteiger partial charge in [-0.25, -0.2) is 17.6 Å². The topological polar surface area (TPSA) is 129 Å². The summed E-state index contributed by atoms with van der Waals surface area (Å²) >= 11 is 0.891. The zero-order valence-electron chi connectivity index (χ0n) is 24.9. The number of methoxy groups -OCH3 is 2. The van der Waals surface area contributed by atoms with E-state index in [-0.39, 0.29) is 21.4 Å². The quantitative estimate of drug-likeness (QED) is 0.159. The number of rotatable bonds is 12. The number of carbonyl (C=O) groups excluding carboxylic acids is 1. The number of likely N-dealkylation sites (N-methyl/N-ethyl adjacent to an activating group) is 1. The molecule has 12 nitrogen and oxygen atoms in total. The van der Waals surface area contributed by atoms with E-state index in [1.807, 2.05) is 0 Å². The van der Waals surface area contributed by atoms with Crippen molar-refractivity contribution in [3.8, 4) is 28.1 Å². The molecule has 1 fully saturated rings. The lowest BCUT2D eigenvalue weighted by atomic mass is 10.1. The second kappa shape index (κ2) is 14.3. The Bertz CT molecular complexity index is 1760. The van der Waals surface area contributed by atoms with Crippen LogP contribution in [0.3, 0.4) is 0 Å². The van der Waals surface area contributed by atoms with Crippen molar-refractivity contribution in [2.45, 2.75) is 11.3 Å². The molecule has 3 heterocycles. The van der Waals surface area contributed by atoms with Gasteiger partial charge < -0.3 is 33.5 Å². The molecule has 2 aromatic heterocycles. The number of fused-ring (bicyclic) bond motifs is 1. The highest BCUT2D eigenvalue weighted by Crippen LogP contribution is 2.38. The Morgan fingerprint density at radius 3 is 2.56 bits per heavy atom. The van der Waals surface area contributed by atoms with Crippen LogP contribution in [0.5, 0.6) is 28.1 Å². The summed E-state index contributed by atoms with van der Waals surface area (Å²) in [6.07, 6.45) is 1.34. The molecular formula is C30H33FN4O8S2. The van der Waals surface area contributed by atoms with Crippen molar-refractivity contribution in [3.05, 3.63) is 59.9 Å². The number of piperazine rings is 1. The van der Waals surface area contributed by atoms with Gasteiger partial charge in [-0.1, -0.05) is 0 Å². The largest absolute Gasteiger partial charge is 0.514 e. The zero-order valence-corrected chi connectivity index (χ0v) is 26.6. The minimum atomic E-state index is -4.22. The number of nitrogens with zero attached hydrogens (tertiary/aromatic N) is 3. The average Bonchev–Trinajstić information content (AvgIpc) is 3.50. The van der Waals surface area contributed by atoms with Crippen molar-refractivity contribution in [2.24, 2.45) is 0 Å². The van der Waals surface area contributed by atoms with Gasteiger partial charge in [-0.05, 0) is 49.2 Å². The Morgan fingerprint density at radius 1 is 1.02 bits per heavy atom. The van der Waals surface area contributed by atoms with E-state index in [1.54, 1.807) is 18.2 Å². The van der Waals surface area contributed by atoms with Crippen molar-refractivity contribution < 1.29 is 41.3 Å². The summed E-state index contributed by atoms with van der Waals surface area (Å²) in [5.74, 6) is 0.383. The van der Waals surface area contributed by atoms with Gasteiger partial charge in [-0.3, -0.25) is 9.71 Å². The second-order valence-electron chi connectivity index (χ2n) is 10.2. The molecular weight excluding hydrogens is 627 g/mol. The van der Waals surface area contributed by atoms with E-state index in [4.69, 9.17) is 18.9 Å². The molecule has 15 heteroatoms. The van der Waals surface area contributed by atoms with Crippen LogP contribution in [0.1, 0.15) is 6.42 Å². The van der Waals surface area contributed by atoms with E-state index in [9.17, 15) is 13.2 Å². The van der Waals surface area contributed by atoms with E-state index in [1.165, 1.54) is 36.9 Å². The molecule has 1 saturated heterocycles. The summed E-state index contributed by atoms with van der Waals surface area (Å²) in [6, 6.07) is 9.96. The highest BCUT2D eigenvalue weighted by atomic mass is 32.2. The highest BCUT2D eigenvalue weighted by Gasteiger charge is 2.24. The fourth-order valence-corrected chi connectivity index (χ4v) is 6.93. The van der Waals surface area contributed by atoms with Crippen LogP contribution in [0.2, 0.25) is 0 Å². The van der Waals surface area contributed by atoms with Crippen LogP contribution >= 0.6 is 11.3 Å². The molecule has 45 heavy (non-hydrogen) atoms. The molecule has 4 aromatic rings. The maximum atomic E-state index is 15.2. The fraction of sp³-hybridized carbons (Fsp3) is 0.333. The van der Waals surface area contributed by atoms with Crippen molar-refractivity contribution in [1.29, 1.82) is 0 Å². The highest BCUT2D eigenvalue weighted by molar-refractivity contribution is 7.93. The maximum Gasteiger partial charge on any atom is 0.514 e. The molecule has 0 unspecified atom stereocenters. The van der Waals surface area contributed by atoms with E-state index in [0.717, 1.165) is 63.7 Å². The minimum absolute atomic E-state index is 0.0641. The first-order valence-electron chi connectivity index (χ1n) is 14.0. The number of nitrogens with one attached hydrogen (secondary N) is 1. The number of benzene rings is 2. The molecule has 1 aliphatic heterocycles. The molecule has 0 atom stereocenters. The lowest BCUT2D eigenvalue weighted by Gasteiger charge is -2.32. The van der Waals surface area contributed by atoms with Crippen LogP contribution in [0.4, 0.5) is 14.9 Å². The lowest BCUT2D eigenvalue weighted by Crippen LogP contribution is -2.44. The Hall–Kier alpha value is -4.18. The summed E-state index contributed by atoms with van der Waals surface area (Å²) in [5.41, 5.74) is 0.499. The molecule has 240 valence electrons. The fourth-order valence-electron chi connectivity index (χ4n) is 4.68. The molecule has 0 bridgehead atoms. The average molecular weight is 661 g/mol. The Morgan fingerprint density at radius 2 is 1.82 bits per heavy atom. The molecule has 0 amide bonds. The van der Waals surface area contributed by atoms with Crippen LogP contribution in [0.25, 0.3) is 10.9 Å². The Labute approximate surface area is 264 Å². The number of ether oxygens (including phenoxy) is 5. The third-order valence-corrected chi connectivity index (χ3v) is 9.41. The first kappa shape index (κ1) is 32.2. The zero-order chi connectivity index (χ0) is 32.0. The molecule has 0 saturated carbocycles. The first-order chi connectivity index (χ1) is 21.7. The standard InChI is InChI=1S/C30H33FN4O8S2/c1-34-11-13-35(14-12-34)10-4-15-41-27-19-23-21(18-26(27)39-2)24(7-9-32-23)42-25-6-5-20(17-22(25)31)33-45(37,38)28-8-16-44-29(28)43-30(36)40-3/h5-9,16-19,33H,4,10-15H2,1-3H3. The van der Waals surface area contributed by atoms with E-state index in [0.29, 0.717) is 34.8 Å². The van der Waals surface area contributed by atoms with Gasteiger partial charge in [-0.15, -0.1) is 11.3 Å². The summed E-state index contributed by atoms with van der Waals surface area (Å²) < 4.78 is 70.1. The van der Waals surface area contributed by atoms with Crippen LogP contribution in [0, 0.1) is 5.82 Å². The predicted octanol–water partition coefficient (Wildman–Crippen LogP) is 5.20. The van der Waals surface area contributed by atoms with Gasteiger partial charge >= 0.3 is 6.16 Å². The number of sulfonamides is 1. The van der Waals surface area contributed by atoms with Gasteiger partial charge in [0.15, 0.2) is 23.1 Å².